The van der Waals surface area contributed by atoms with Crippen LogP contribution in [0.4, 0.5) is 0 Å². The van der Waals surface area contributed by atoms with E-state index in [0.29, 0.717) is 18.0 Å². The number of benzene rings is 1. The molecule has 6 heteroatoms. The summed E-state index contributed by atoms with van der Waals surface area (Å²) in [5, 5.41) is 4.38. The Bertz CT molecular complexity index is 756. The Morgan fingerprint density at radius 2 is 2.03 bits per heavy atom. The molecule has 2 fully saturated rings. The maximum Gasteiger partial charge on any atom is 0.193 e. The Labute approximate surface area is 186 Å². The second kappa shape index (κ2) is 10.2. The van der Waals surface area contributed by atoms with E-state index in [1.165, 1.54) is 24.8 Å². The summed E-state index contributed by atoms with van der Waals surface area (Å²) in [6.07, 6.45) is 8.25. The fourth-order valence-corrected chi connectivity index (χ4v) is 5.52. The molecule has 0 radical (unpaired) electrons. The van der Waals surface area contributed by atoms with Gasteiger partial charge in [-0.1, -0.05) is 35.9 Å². The van der Waals surface area contributed by atoms with Crippen LogP contribution in [0.5, 0.6) is 0 Å². The molecule has 0 saturated carbocycles. The highest BCUT2D eigenvalue weighted by atomic mass is 35.5. The van der Waals surface area contributed by atoms with Gasteiger partial charge in [-0.2, -0.15) is 0 Å². The van der Waals surface area contributed by atoms with Crippen LogP contribution in [-0.2, 0) is 0 Å². The van der Waals surface area contributed by atoms with Gasteiger partial charge in [0.15, 0.2) is 5.96 Å². The molecule has 3 atom stereocenters. The van der Waals surface area contributed by atoms with E-state index in [-0.39, 0.29) is 0 Å². The number of nitrogens with zero attached hydrogens (tertiary/aromatic N) is 4. The Kier molecular flexibility index (Phi) is 7.34. The molecule has 30 heavy (non-hydrogen) atoms. The van der Waals surface area contributed by atoms with Crippen molar-refractivity contribution in [3.63, 3.8) is 0 Å². The highest BCUT2D eigenvalue weighted by Gasteiger charge is 2.32. The van der Waals surface area contributed by atoms with Crippen LogP contribution in [-0.4, -0.2) is 79.6 Å². The van der Waals surface area contributed by atoms with E-state index in [0.717, 1.165) is 56.8 Å². The van der Waals surface area contributed by atoms with Gasteiger partial charge in [-0.3, -0.25) is 14.8 Å². The van der Waals surface area contributed by atoms with Crippen LogP contribution < -0.4 is 5.32 Å². The van der Waals surface area contributed by atoms with Crippen molar-refractivity contribution in [3.8, 4) is 0 Å². The zero-order valence-electron chi connectivity index (χ0n) is 18.4. The molecule has 3 aliphatic rings. The van der Waals surface area contributed by atoms with Gasteiger partial charge >= 0.3 is 0 Å². The number of aliphatic imine (C=N–C) groups is 1. The zero-order valence-corrected chi connectivity index (χ0v) is 19.2. The molecule has 3 aliphatic heterocycles. The van der Waals surface area contributed by atoms with Crippen molar-refractivity contribution in [2.24, 2.45) is 10.9 Å². The number of hydrogen-bond acceptors (Lipinski definition) is 3. The molecule has 1 N–H and O–H groups in total. The molecule has 5 nitrogen and oxygen atoms in total. The minimum Gasteiger partial charge on any atom is -0.357 e. The summed E-state index contributed by atoms with van der Waals surface area (Å²) in [5.41, 5.74) is 1.32. The Hall–Kier alpha value is -1.56. The van der Waals surface area contributed by atoms with Gasteiger partial charge < -0.3 is 10.2 Å². The maximum atomic E-state index is 6.31. The van der Waals surface area contributed by atoms with Crippen molar-refractivity contribution in [1.29, 1.82) is 0 Å². The first-order valence-electron chi connectivity index (χ1n) is 11.5. The third kappa shape index (κ3) is 5.01. The highest BCUT2D eigenvalue weighted by Crippen LogP contribution is 2.36. The number of likely N-dealkylation sites (tertiary alicyclic amines) is 2. The summed E-state index contributed by atoms with van der Waals surface area (Å²) in [5.74, 6) is 1.60. The van der Waals surface area contributed by atoms with Crippen LogP contribution in [0.25, 0.3) is 0 Å². The second-order valence-electron chi connectivity index (χ2n) is 8.89. The largest absolute Gasteiger partial charge is 0.357 e. The van der Waals surface area contributed by atoms with Crippen molar-refractivity contribution in [2.45, 2.75) is 38.3 Å². The highest BCUT2D eigenvalue weighted by molar-refractivity contribution is 6.30. The molecular weight excluding hydrogens is 394 g/mol. The topological polar surface area (TPSA) is 34.1 Å². The number of guanidine groups is 1. The summed E-state index contributed by atoms with van der Waals surface area (Å²) in [6, 6.07) is 9.40. The molecule has 0 aromatic heterocycles. The van der Waals surface area contributed by atoms with Crippen LogP contribution in [0.2, 0.25) is 5.02 Å². The number of piperidine rings is 1. The number of hydrogen-bond donors (Lipinski definition) is 1. The maximum absolute atomic E-state index is 6.31. The van der Waals surface area contributed by atoms with Crippen molar-refractivity contribution in [3.05, 3.63) is 47.0 Å². The smallest absolute Gasteiger partial charge is 0.193 e. The molecule has 1 aromatic carbocycles. The van der Waals surface area contributed by atoms with E-state index in [1.807, 2.05) is 6.07 Å². The Morgan fingerprint density at radius 1 is 1.20 bits per heavy atom. The molecular formula is C24H36ClN5. The summed E-state index contributed by atoms with van der Waals surface area (Å²) >= 11 is 6.31. The van der Waals surface area contributed by atoms with Crippen molar-refractivity contribution >= 4 is 17.6 Å². The predicted octanol–water partition coefficient (Wildman–Crippen LogP) is 3.63. The molecule has 1 aromatic rings. The van der Waals surface area contributed by atoms with Gasteiger partial charge in [0, 0.05) is 56.4 Å². The minimum atomic E-state index is 0.381. The summed E-state index contributed by atoms with van der Waals surface area (Å²) in [4.78, 5) is 12.7. The van der Waals surface area contributed by atoms with E-state index >= 15 is 0 Å². The quantitative estimate of drug-likeness (QED) is 0.440. The van der Waals surface area contributed by atoms with Crippen LogP contribution in [0.15, 0.2) is 41.4 Å². The van der Waals surface area contributed by atoms with Crippen LogP contribution in [0.3, 0.4) is 0 Å². The number of nitrogens with one attached hydrogen (secondary N) is 1. The van der Waals surface area contributed by atoms with Crippen LogP contribution >= 0.6 is 11.6 Å². The van der Waals surface area contributed by atoms with Gasteiger partial charge in [0.25, 0.3) is 0 Å². The van der Waals surface area contributed by atoms with E-state index in [9.17, 15) is 0 Å². The standard InChI is InChI=1S/C24H36ClN5/c1-3-26-24(30-15-11-22(18-30)29-13-4-5-14-29)27-17-20-9-7-12-28(2)23(20)19-8-6-10-21(25)16-19/h4-6,8,10,16,20,22-23H,3,7,9,11-15,17-18H2,1-2H3,(H,26,27). The third-order valence-electron chi connectivity index (χ3n) is 6.83. The second-order valence-corrected chi connectivity index (χ2v) is 9.33. The first kappa shape index (κ1) is 21.7. The van der Waals surface area contributed by atoms with E-state index < -0.39 is 0 Å². The Morgan fingerprint density at radius 3 is 2.80 bits per heavy atom. The zero-order chi connectivity index (χ0) is 20.9. The lowest BCUT2D eigenvalue weighted by molar-refractivity contribution is 0.125. The monoisotopic (exact) mass is 429 g/mol. The number of halogens is 1. The summed E-state index contributed by atoms with van der Waals surface area (Å²) < 4.78 is 0. The van der Waals surface area contributed by atoms with E-state index in [2.05, 4.69) is 64.3 Å². The first-order valence-corrected chi connectivity index (χ1v) is 11.9. The average Bonchev–Trinajstić information content (AvgIpc) is 3.43. The van der Waals surface area contributed by atoms with Crippen molar-refractivity contribution < 1.29 is 0 Å². The number of rotatable bonds is 5. The Balaban J connectivity index is 1.45. The van der Waals surface area contributed by atoms with E-state index in [1.54, 1.807) is 0 Å². The van der Waals surface area contributed by atoms with Gasteiger partial charge in [-0.25, -0.2) is 0 Å². The third-order valence-corrected chi connectivity index (χ3v) is 7.07. The molecule has 4 rings (SSSR count). The molecule has 2 saturated heterocycles. The van der Waals surface area contributed by atoms with Crippen LogP contribution in [0.1, 0.15) is 37.8 Å². The van der Waals surface area contributed by atoms with Gasteiger partial charge in [-0.05, 0) is 63.4 Å². The molecule has 0 amide bonds. The lowest BCUT2D eigenvalue weighted by atomic mass is 9.85. The fourth-order valence-electron chi connectivity index (χ4n) is 5.32. The van der Waals surface area contributed by atoms with Gasteiger partial charge in [-0.15, -0.1) is 0 Å². The molecule has 0 spiro atoms. The molecule has 3 heterocycles. The SMILES string of the molecule is CCNC(=NCC1CCCN(C)C1c1cccc(Cl)c1)N1CCC(N2CC=CC2)C1. The predicted molar refractivity (Wildman–Crippen MR) is 126 cm³/mol. The van der Waals surface area contributed by atoms with Crippen molar-refractivity contribution in [2.75, 3.05) is 52.9 Å². The van der Waals surface area contributed by atoms with Crippen LogP contribution in [0, 0.1) is 5.92 Å². The first-order chi connectivity index (χ1) is 14.7. The normalized spacial score (nSPS) is 28.4. The summed E-state index contributed by atoms with van der Waals surface area (Å²) in [6.45, 7) is 9.44. The van der Waals surface area contributed by atoms with Crippen molar-refractivity contribution in [1.82, 2.24) is 20.0 Å². The molecule has 0 bridgehead atoms. The molecule has 164 valence electrons. The summed E-state index contributed by atoms with van der Waals surface area (Å²) in [7, 11) is 2.24. The fraction of sp³-hybridized carbons (Fsp3) is 0.625. The molecule has 0 aliphatic carbocycles. The minimum absolute atomic E-state index is 0.381. The van der Waals surface area contributed by atoms with Gasteiger partial charge in [0.05, 0.1) is 0 Å². The van der Waals surface area contributed by atoms with Gasteiger partial charge in [0.2, 0.25) is 0 Å². The average molecular weight is 430 g/mol. The van der Waals surface area contributed by atoms with Gasteiger partial charge in [0.1, 0.15) is 0 Å². The van der Waals surface area contributed by atoms with E-state index in [4.69, 9.17) is 16.6 Å². The lowest BCUT2D eigenvalue weighted by Crippen LogP contribution is -2.43. The molecule has 3 unspecified atom stereocenters. The lowest BCUT2D eigenvalue weighted by Gasteiger charge is -2.39.